The third kappa shape index (κ3) is 3.47. The van der Waals surface area contributed by atoms with E-state index in [0.29, 0.717) is 6.04 Å². The fourth-order valence-electron chi connectivity index (χ4n) is 2.66. The summed E-state index contributed by atoms with van der Waals surface area (Å²) in [4.78, 5) is 2.52. The van der Waals surface area contributed by atoms with Crippen LogP contribution < -0.4 is 10.1 Å². The van der Waals surface area contributed by atoms with Crippen molar-refractivity contribution in [1.82, 2.24) is 10.2 Å². The number of nitrogens with one attached hydrogen (secondary N) is 1. The number of nitrogens with zero attached hydrogens (tertiary/aromatic N) is 1. The molecule has 0 unspecified atom stereocenters. The van der Waals surface area contributed by atoms with Crippen molar-refractivity contribution in [2.75, 3.05) is 26.7 Å². The first-order valence-electron chi connectivity index (χ1n) is 6.91. The van der Waals surface area contributed by atoms with Gasteiger partial charge in [0.05, 0.1) is 7.11 Å². The first-order valence-corrected chi connectivity index (χ1v) is 6.91. The highest BCUT2D eigenvalue weighted by Crippen LogP contribution is 2.21. The SMILES string of the molecule is CCNC1CCN(Cc2ccccc2OC)CC1. The van der Waals surface area contributed by atoms with Crippen LogP contribution in [0.25, 0.3) is 0 Å². The molecule has 1 aromatic carbocycles. The van der Waals surface area contributed by atoms with Gasteiger partial charge in [0.1, 0.15) is 5.75 Å². The van der Waals surface area contributed by atoms with Gasteiger partial charge in [-0.15, -0.1) is 0 Å². The first-order chi connectivity index (χ1) is 8.83. The molecule has 3 nitrogen and oxygen atoms in total. The van der Waals surface area contributed by atoms with Crippen LogP contribution in [0.3, 0.4) is 0 Å². The number of piperidine rings is 1. The molecule has 1 aromatic rings. The Kier molecular flexibility index (Phi) is 5.02. The Morgan fingerprint density at radius 1 is 1.28 bits per heavy atom. The lowest BCUT2D eigenvalue weighted by atomic mass is 10.0. The largest absolute Gasteiger partial charge is 0.496 e. The first kappa shape index (κ1) is 13.4. The normalized spacial score (nSPS) is 17.9. The Bertz CT molecular complexity index is 359. The Labute approximate surface area is 110 Å². The maximum Gasteiger partial charge on any atom is 0.123 e. The van der Waals surface area contributed by atoms with Crippen LogP contribution >= 0.6 is 0 Å². The van der Waals surface area contributed by atoms with Crippen molar-refractivity contribution >= 4 is 0 Å². The van der Waals surface area contributed by atoms with Gasteiger partial charge in [-0.3, -0.25) is 4.90 Å². The predicted octanol–water partition coefficient (Wildman–Crippen LogP) is 2.27. The van der Waals surface area contributed by atoms with E-state index in [9.17, 15) is 0 Å². The smallest absolute Gasteiger partial charge is 0.123 e. The molecule has 3 heteroatoms. The second kappa shape index (κ2) is 6.76. The minimum Gasteiger partial charge on any atom is -0.496 e. The summed E-state index contributed by atoms with van der Waals surface area (Å²) < 4.78 is 5.41. The van der Waals surface area contributed by atoms with Crippen LogP contribution in [0.15, 0.2) is 24.3 Å². The lowest BCUT2D eigenvalue weighted by Gasteiger charge is -2.32. The Hall–Kier alpha value is -1.06. The van der Waals surface area contributed by atoms with Crippen molar-refractivity contribution in [3.8, 4) is 5.75 Å². The molecule has 1 N–H and O–H groups in total. The second-order valence-corrected chi connectivity index (χ2v) is 4.92. The Balaban J connectivity index is 1.87. The van der Waals surface area contributed by atoms with Gasteiger partial charge in [0.25, 0.3) is 0 Å². The van der Waals surface area contributed by atoms with E-state index in [0.717, 1.165) is 18.8 Å². The van der Waals surface area contributed by atoms with Crippen molar-refractivity contribution in [2.45, 2.75) is 32.4 Å². The molecule has 1 fully saturated rings. The standard InChI is InChI=1S/C15H24N2O/c1-3-16-14-8-10-17(11-9-14)12-13-6-4-5-7-15(13)18-2/h4-7,14,16H,3,8-12H2,1-2H3. The van der Waals surface area contributed by atoms with E-state index in [1.807, 2.05) is 12.1 Å². The summed E-state index contributed by atoms with van der Waals surface area (Å²) in [6, 6.07) is 9.03. The fraction of sp³-hybridized carbons (Fsp3) is 0.600. The molecule has 0 aliphatic carbocycles. The third-order valence-corrected chi connectivity index (χ3v) is 3.67. The minimum atomic E-state index is 0.712. The molecule has 100 valence electrons. The zero-order valence-corrected chi connectivity index (χ0v) is 11.5. The number of hydrogen-bond donors (Lipinski definition) is 1. The van der Waals surface area contributed by atoms with Crippen molar-refractivity contribution in [3.05, 3.63) is 29.8 Å². The quantitative estimate of drug-likeness (QED) is 0.865. The van der Waals surface area contributed by atoms with Gasteiger partial charge in [-0.2, -0.15) is 0 Å². The minimum absolute atomic E-state index is 0.712. The Morgan fingerprint density at radius 3 is 2.67 bits per heavy atom. The molecule has 0 saturated carbocycles. The molecule has 1 saturated heterocycles. The number of hydrogen-bond acceptors (Lipinski definition) is 3. The van der Waals surface area contributed by atoms with E-state index in [4.69, 9.17) is 4.74 Å². The second-order valence-electron chi connectivity index (χ2n) is 4.92. The van der Waals surface area contributed by atoms with Crippen molar-refractivity contribution < 1.29 is 4.74 Å². The third-order valence-electron chi connectivity index (χ3n) is 3.67. The van der Waals surface area contributed by atoms with Crippen LogP contribution in [0.2, 0.25) is 0 Å². The van der Waals surface area contributed by atoms with E-state index in [1.54, 1.807) is 7.11 Å². The molecule has 0 spiro atoms. The molecule has 0 bridgehead atoms. The molecular weight excluding hydrogens is 224 g/mol. The number of likely N-dealkylation sites (tertiary alicyclic amines) is 1. The number of ether oxygens (including phenoxy) is 1. The van der Waals surface area contributed by atoms with E-state index in [2.05, 4.69) is 29.3 Å². The van der Waals surface area contributed by atoms with Gasteiger partial charge in [-0.25, -0.2) is 0 Å². The summed E-state index contributed by atoms with van der Waals surface area (Å²) in [7, 11) is 1.75. The topological polar surface area (TPSA) is 24.5 Å². The van der Waals surface area contributed by atoms with Gasteiger partial charge in [0.15, 0.2) is 0 Å². The van der Waals surface area contributed by atoms with Crippen LogP contribution in [0, 0.1) is 0 Å². The highest BCUT2D eigenvalue weighted by molar-refractivity contribution is 5.33. The zero-order chi connectivity index (χ0) is 12.8. The van der Waals surface area contributed by atoms with Gasteiger partial charge in [0, 0.05) is 18.2 Å². The number of para-hydroxylation sites is 1. The molecule has 0 amide bonds. The van der Waals surface area contributed by atoms with Gasteiger partial charge in [-0.1, -0.05) is 25.1 Å². The molecule has 1 aliphatic heterocycles. The zero-order valence-electron chi connectivity index (χ0n) is 11.5. The highest BCUT2D eigenvalue weighted by atomic mass is 16.5. The maximum atomic E-state index is 5.41. The van der Waals surface area contributed by atoms with Crippen molar-refractivity contribution in [2.24, 2.45) is 0 Å². The van der Waals surface area contributed by atoms with Crippen LogP contribution in [0.1, 0.15) is 25.3 Å². The molecular formula is C15H24N2O. The average molecular weight is 248 g/mol. The molecule has 18 heavy (non-hydrogen) atoms. The van der Waals surface area contributed by atoms with Crippen LogP contribution in [0.5, 0.6) is 5.75 Å². The molecule has 0 aromatic heterocycles. The van der Waals surface area contributed by atoms with Crippen molar-refractivity contribution in [1.29, 1.82) is 0 Å². The molecule has 0 radical (unpaired) electrons. The number of methoxy groups -OCH3 is 1. The number of benzene rings is 1. The van der Waals surface area contributed by atoms with Crippen LogP contribution in [-0.4, -0.2) is 37.7 Å². The molecule has 2 rings (SSSR count). The molecule has 0 atom stereocenters. The predicted molar refractivity (Wildman–Crippen MR) is 75.0 cm³/mol. The maximum absolute atomic E-state index is 5.41. The monoisotopic (exact) mass is 248 g/mol. The fourth-order valence-corrected chi connectivity index (χ4v) is 2.66. The highest BCUT2D eigenvalue weighted by Gasteiger charge is 2.18. The van der Waals surface area contributed by atoms with Crippen molar-refractivity contribution in [3.63, 3.8) is 0 Å². The van der Waals surface area contributed by atoms with Gasteiger partial charge < -0.3 is 10.1 Å². The average Bonchev–Trinajstić information content (AvgIpc) is 2.42. The van der Waals surface area contributed by atoms with E-state index in [-0.39, 0.29) is 0 Å². The van der Waals surface area contributed by atoms with Gasteiger partial charge in [0.2, 0.25) is 0 Å². The van der Waals surface area contributed by atoms with Gasteiger partial charge >= 0.3 is 0 Å². The van der Waals surface area contributed by atoms with Crippen LogP contribution in [0.4, 0.5) is 0 Å². The summed E-state index contributed by atoms with van der Waals surface area (Å²) in [5.74, 6) is 1.01. The number of rotatable bonds is 5. The summed E-state index contributed by atoms with van der Waals surface area (Å²) in [6.07, 6.45) is 2.51. The van der Waals surface area contributed by atoms with Crippen LogP contribution in [-0.2, 0) is 6.54 Å². The van der Waals surface area contributed by atoms with E-state index in [1.165, 1.54) is 31.5 Å². The van der Waals surface area contributed by atoms with Gasteiger partial charge in [-0.05, 0) is 38.5 Å². The summed E-state index contributed by atoms with van der Waals surface area (Å²) >= 11 is 0. The lowest BCUT2D eigenvalue weighted by molar-refractivity contribution is 0.190. The molecule has 1 heterocycles. The van der Waals surface area contributed by atoms with E-state index >= 15 is 0 Å². The Morgan fingerprint density at radius 2 is 2.00 bits per heavy atom. The van der Waals surface area contributed by atoms with E-state index < -0.39 is 0 Å². The molecule has 1 aliphatic rings. The summed E-state index contributed by atoms with van der Waals surface area (Å²) in [5.41, 5.74) is 1.29. The summed E-state index contributed by atoms with van der Waals surface area (Å²) in [5, 5.41) is 3.54. The summed E-state index contributed by atoms with van der Waals surface area (Å²) in [6.45, 7) is 6.62. The lowest BCUT2D eigenvalue weighted by Crippen LogP contribution is -2.42.